The number of anilines is 2. The van der Waals surface area contributed by atoms with E-state index in [9.17, 15) is 15.2 Å². The Morgan fingerprint density at radius 1 is 1.74 bits per heavy atom. The van der Waals surface area contributed by atoms with Gasteiger partial charge >= 0.3 is 5.69 Å². The van der Waals surface area contributed by atoms with Crippen molar-refractivity contribution in [2.24, 2.45) is 0 Å². The van der Waals surface area contributed by atoms with Gasteiger partial charge in [0.05, 0.1) is 11.0 Å². The van der Waals surface area contributed by atoms with Crippen molar-refractivity contribution in [2.75, 3.05) is 24.2 Å². The zero-order valence-corrected chi connectivity index (χ0v) is 10.5. The van der Waals surface area contributed by atoms with Crippen LogP contribution in [0.3, 0.4) is 0 Å². The number of ether oxygens (including phenoxy) is 1. The van der Waals surface area contributed by atoms with Crippen LogP contribution >= 0.6 is 0 Å². The van der Waals surface area contributed by atoms with E-state index < -0.39 is 10.5 Å². The highest BCUT2D eigenvalue weighted by molar-refractivity contribution is 5.59. The SMILES string of the molecule is CC1OCCC1(O)CNc1nc(N)ccc1[N+](=O)[O-]. The van der Waals surface area contributed by atoms with Gasteiger partial charge in [0.25, 0.3) is 0 Å². The number of nitrogens with two attached hydrogens (primary N) is 1. The number of aliphatic hydroxyl groups is 1. The Labute approximate surface area is 109 Å². The molecule has 2 unspecified atom stereocenters. The largest absolute Gasteiger partial charge is 0.385 e. The van der Waals surface area contributed by atoms with Crippen molar-refractivity contribution in [3.05, 3.63) is 22.2 Å². The molecular formula is C11H16N4O4. The zero-order chi connectivity index (χ0) is 14.0. The van der Waals surface area contributed by atoms with Crippen LogP contribution in [0.5, 0.6) is 0 Å². The molecule has 1 aromatic heterocycles. The monoisotopic (exact) mass is 268 g/mol. The van der Waals surface area contributed by atoms with Gasteiger partial charge in [0.2, 0.25) is 5.82 Å². The van der Waals surface area contributed by atoms with Crippen LogP contribution in [-0.4, -0.2) is 39.9 Å². The summed E-state index contributed by atoms with van der Waals surface area (Å²) in [6.45, 7) is 2.34. The average Bonchev–Trinajstić information content (AvgIpc) is 2.67. The second kappa shape index (κ2) is 4.98. The number of nitrogens with one attached hydrogen (secondary N) is 1. The van der Waals surface area contributed by atoms with Crippen LogP contribution in [0.25, 0.3) is 0 Å². The molecule has 0 aliphatic carbocycles. The lowest BCUT2D eigenvalue weighted by Gasteiger charge is -2.26. The number of hydrogen-bond acceptors (Lipinski definition) is 7. The maximum absolute atomic E-state index is 10.9. The first-order valence-corrected chi connectivity index (χ1v) is 5.91. The number of nitro groups is 1. The molecule has 8 heteroatoms. The van der Waals surface area contributed by atoms with Gasteiger partial charge in [-0.05, 0) is 13.0 Å². The van der Waals surface area contributed by atoms with Gasteiger partial charge in [0, 0.05) is 25.6 Å². The van der Waals surface area contributed by atoms with Crippen molar-refractivity contribution in [2.45, 2.75) is 25.0 Å². The summed E-state index contributed by atoms with van der Waals surface area (Å²) in [4.78, 5) is 14.2. The van der Waals surface area contributed by atoms with E-state index in [-0.39, 0.29) is 30.0 Å². The molecule has 0 amide bonds. The van der Waals surface area contributed by atoms with Gasteiger partial charge in [-0.15, -0.1) is 0 Å². The lowest BCUT2D eigenvalue weighted by Crippen LogP contribution is -2.43. The summed E-state index contributed by atoms with van der Waals surface area (Å²) in [6, 6.07) is 2.64. The lowest BCUT2D eigenvalue weighted by molar-refractivity contribution is -0.384. The van der Waals surface area contributed by atoms with E-state index in [1.165, 1.54) is 12.1 Å². The van der Waals surface area contributed by atoms with E-state index >= 15 is 0 Å². The summed E-state index contributed by atoms with van der Waals surface area (Å²) >= 11 is 0. The number of nitrogens with zero attached hydrogens (tertiary/aromatic N) is 2. The van der Waals surface area contributed by atoms with E-state index in [4.69, 9.17) is 10.5 Å². The van der Waals surface area contributed by atoms with Crippen LogP contribution in [0.4, 0.5) is 17.3 Å². The second-order valence-electron chi connectivity index (χ2n) is 4.58. The topological polar surface area (TPSA) is 124 Å². The molecule has 0 saturated carbocycles. The Morgan fingerprint density at radius 2 is 2.47 bits per heavy atom. The van der Waals surface area contributed by atoms with Crippen LogP contribution in [-0.2, 0) is 4.74 Å². The third-order valence-electron chi connectivity index (χ3n) is 3.31. The van der Waals surface area contributed by atoms with Gasteiger partial charge in [0.15, 0.2) is 0 Å². The van der Waals surface area contributed by atoms with E-state index in [0.29, 0.717) is 13.0 Å². The molecule has 0 spiro atoms. The van der Waals surface area contributed by atoms with Crippen LogP contribution in [0.15, 0.2) is 12.1 Å². The van der Waals surface area contributed by atoms with Crippen molar-refractivity contribution >= 4 is 17.3 Å². The van der Waals surface area contributed by atoms with Gasteiger partial charge in [-0.2, -0.15) is 0 Å². The maximum Gasteiger partial charge on any atom is 0.311 e. The predicted molar refractivity (Wildman–Crippen MR) is 68.8 cm³/mol. The molecule has 4 N–H and O–H groups in total. The van der Waals surface area contributed by atoms with E-state index in [1.54, 1.807) is 6.92 Å². The Morgan fingerprint density at radius 3 is 3.05 bits per heavy atom. The Hall–Kier alpha value is -1.93. The number of nitrogen functional groups attached to an aromatic ring is 1. The standard InChI is InChI=1S/C11H16N4O4/c1-7-11(16,4-5-19-7)6-13-10-8(15(17)18)2-3-9(12)14-10/h2-3,7,16H,4-6H2,1H3,(H3,12,13,14). The zero-order valence-electron chi connectivity index (χ0n) is 10.5. The van der Waals surface area contributed by atoms with Crippen molar-refractivity contribution in [1.82, 2.24) is 4.98 Å². The number of pyridine rings is 1. The number of rotatable bonds is 4. The fourth-order valence-electron chi connectivity index (χ4n) is 1.98. The quantitative estimate of drug-likeness (QED) is 0.537. The van der Waals surface area contributed by atoms with E-state index in [1.807, 2.05) is 0 Å². The van der Waals surface area contributed by atoms with Crippen molar-refractivity contribution in [3.8, 4) is 0 Å². The fourth-order valence-corrected chi connectivity index (χ4v) is 1.98. The van der Waals surface area contributed by atoms with Crippen LogP contribution in [0, 0.1) is 10.1 Å². The molecule has 1 aliphatic heterocycles. The van der Waals surface area contributed by atoms with Gasteiger partial charge in [-0.3, -0.25) is 10.1 Å². The molecule has 1 aromatic rings. The van der Waals surface area contributed by atoms with Crippen LogP contribution < -0.4 is 11.1 Å². The van der Waals surface area contributed by atoms with Crippen molar-refractivity contribution in [3.63, 3.8) is 0 Å². The highest BCUT2D eigenvalue weighted by Gasteiger charge is 2.39. The van der Waals surface area contributed by atoms with E-state index in [2.05, 4.69) is 10.3 Å². The predicted octanol–water partition coefficient (Wildman–Crippen LogP) is 0.524. The highest BCUT2D eigenvalue weighted by atomic mass is 16.6. The summed E-state index contributed by atoms with van der Waals surface area (Å²) in [5.41, 5.74) is 4.28. The smallest absolute Gasteiger partial charge is 0.311 e. The minimum Gasteiger partial charge on any atom is -0.385 e. The summed E-state index contributed by atoms with van der Waals surface area (Å²) in [5.74, 6) is 0.230. The summed E-state index contributed by atoms with van der Waals surface area (Å²) in [6.07, 6.45) is 0.136. The van der Waals surface area contributed by atoms with Gasteiger partial charge in [0.1, 0.15) is 11.4 Å². The molecule has 0 bridgehead atoms. The second-order valence-corrected chi connectivity index (χ2v) is 4.58. The van der Waals surface area contributed by atoms with E-state index in [0.717, 1.165) is 0 Å². The molecule has 8 nitrogen and oxygen atoms in total. The first-order valence-electron chi connectivity index (χ1n) is 5.91. The Bertz CT molecular complexity index is 496. The van der Waals surface area contributed by atoms with Crippen LogP contribution in [0.2, 0.25) is 0 Å². The van der Waals surface area contributed by atoms with Crippen molar-refractivity contribution in [1.29, 1.82) is 0 Å². The molecule has 1 saturated heterocycles. The lowest BCUT2D eigenvalue weighted by atomic mass is 9.97. The Balaban J connectivity index is 2.15. The first kappa shape index (κ1) is 13.5. The molecule has 1 aliphatic rings. The maximum atomic E-state index is 10.9. The number of aromatic nitrogens is 1. The number of hydrogen-bond donors (Lipinski definition) is 3. The molecule has 0 radical (unpaired) electrons. The van der Waals surface area contributed by atoms with Gasteiger partial charge in [-0.1, -0.05) is 0 Å². The average molecular weight is 268 g/mol. The molecule has 19 heavy (non-hydrogen) atoms. The normalized spacial score (nSPS) is 26.3. The molecule has 0 aromatic carbocycles. The molecule has 2 atom stereocenters. The summed E-state index contributed by atoms with van der Waals surface area (Å²) in [5, 5.41) is 24.0. The van der Waals surface area contributed by atoms with Gasteiger partial charge < -0.3 is 20.9 Å². The molecule has 1 fully saturated rings. The van der Waals surface area contributed by atoms with Crippen LogP contribution in [0.1, 0.15) is 13.3 Å². The molecule has 104 valence electrons. The third-order valence-corrected chi connectivity index (χ3v) is 3.31. The molecule has 2 heterocycles. The summed E-state index contributed by atoms with van der Waals surface area (Å²) < 4.78 is 5.29. The molecule has 2 rings (SSSR count). The first-order chi connectivity index (χ1) is 8.92. The minimum absolute atomic E-state index is 0.0533. The fraction of sp³-hybridized carbons (Fsp3) is 0.545. The van der Waals surface area contributed by atoms with Crippen molar-refractivity contribution < 1.29 is 14.8 Å². The highest BCUT2D eigenvalue weighted by Crippen LogP contribution is 2.28. The third kappa shape index (κ3) is 2.74. The summed E-state index contributed by atoms with van der Waals surface area (Å²) in [7, 11) is 0. The Kier molecular flexibility index (Phi) is 3.54. The molecular weight excluding hydrogens is 252 g/mol. The minimum atomic E-state index is -1.06. The van der Waals surface area contributed by atoms with Gasteiger partial charge in [-0.25, -0.2) is 4.98 Å².